The number of rotatable bonds is 5. The Morgan fingerprint density at radius 3 is 2.03 bits per heavy atom. The van der Waals surface area contributed by atoms with E-state index in [9.17, 15) is 9.59 Å². The molecule has 0 aromatic heterocycles. The Bertz CT molecular complexity index is 1020. The topological polar surface area (TPSA) is 43.9 Å². The minimum absolute atomic E-state index is 0.249. The molecule has 0 radical (unpaired) electrons. The number of nitrogens with zero attached hydrogens (tertiary/aromatic N) is 3. The average molecular weight is 474 g/mol. The zero-order chi connectivity index (χ0) is 24.5. The summed E-state index contributed by atoms with van der Waals surface area (Å²) >= 11 is 0. The van der Waals surface area contributed by atoms with E-state index in [1.54, 1.807) is 0 Å². The lowest BCUT2D eigenvalue weighted by atomic mass is 9.74. The summed E-state index contributed by atoms with van der Waals surface area (Å²) in [5.74, 6) is 0.581. The zero-order valence-corrected chi connectivity index (χ0v) is 21.3. The second-order valence-electron chi connectivity index (χ2n) is 11.4. The second kappa shape index (κ2) is 9.77. The van der Waals surface area contributed by atoms with Gasteiger partial charge in [0, 0.05) is 38.1 Å². The van der Waals surface area contributed by atoms with Crippen molar-refractivity contribution < 1.29 is 9.59 Å². The Kier molecular flexibility index (Phi) is 6.71. The lowest BCUT2D eigenvalue weighted by molar-refractivity contribution is -0.149. The van der Waals surface area contributed by atoms with Crippen molar-refractivity contribution in [3.8, 4) is 0 Å². The Morgan fingerprint density at radius 1 is 0.857 bits per heavy atom. The van der Waals surface area contributed by atoms with Gasteiger partial charge in [-0.05, 0) is 62.7 Å². The molecule has 1 unspecified atom stereocenters. The van der Waals surface area contributed by atoms with Crippen LogP contribution in [-0.4, -0.2) is 65.8 Å². The van der Waals surface area contributed by atoms with Gasteiger partial charge in [0.05, 0.1) is 5.41 Å². The maximum atomic E-state index is 13.6. The van der Waals surface area contributed by atoms with Gasteiger partial charge >= 0.3 is 0 Å². The summed E-state index contributed by atoms with van der Waals surface area (Å²) in [5, 5.41) is 0. The molecule has 0 N–H and O–H groups in total. The van der Waals surface area contributed by atoms with Crippen LogP contribution in [0.5, 0.6) is 0 Å². The van der Waals surface area contributed by atoms with Crippen LogP contribution >= 0.6 is 0 Å². The van der Waals surface area contributed by atoms with Crippen molar-refractivity contribution in [1.82, 2.24) is 14.7 Å². The van der Waals surface area contributed by atoms with E-state index >= 15 is 0 Å². The minimum atomic E-state index is -0.288. The van der Waals surface area contributed by atoms with E-state index in [1.807, 2.05) is 18.0 Å². The van der Waals surface area contributed by atoms with Gasteiger partial charge in [-0.2, -0.15) is 0 Å². The highest BCUT2D eigenvalue weighted by Gasteiger charge is 2.52. The highest BCUT2D eigenvalue weighted by molar-refractivity contribution is 5.86. The zero-order valence-electron chi connectivity index (χ0n) is 21.3. The van der Waals surface area contributed by atoms with E-state index in [0.717, 1.165) is 58.2 Å². The molecule has 3 aliphatic heterocycles. The molecule has 3 saturated heterocycles. The monoisotopic (exact) mass is 473 g/mol. The van der Waals surface area contributed by atoms with Gasteiger partial charge in [0.1, 0.15) is 0 Å². The summed E-state index contributed by atoms with van der Waals surface area (Å²) in [6, 6.07) is 21.3. The molecule has 0 bridgehead atoms. The predicted octanol–water partition coefficient (Wildman–Crippen LogP) is 4.37. The summed E-state index contributed by atoms with van der Waals surface area (Å²) in [6.07, 6.45) is 5.21. The quantitative estimate of drug-likeness (QED) is 0.648. The normalized spacial score (nSPS) is 24.2. The standard InChI is InChI=1S/C30H39N3O2/c1-29(13-17-32(18-14-29)23-25-11-7-4-8-12-25)27(34)33-19-15-30(16-20-33)22-26(31(2)28(30)35)21-24-9-5-3-6-10-24/h3-12,26H,13-23H2,1-2H3. The third-order valence-electron chi connectivity index (χ3n) is 8.99. The summed E-state index contributed by atoms with van der Waals surface area (Å²) in [4.78, 5) is 33.4. The number of carbonyl (C=O) groups excluding carboxylic acids is 2. The summed E-state index contributed by atoms with van der Waals surface area (Å²) in [7, 11) is 1.96. The molecular weight excluding hydrogens is 434 g/mol. The van der Waals surface area contributed by atoms with Gasteiger partial charge in [-0.25, -0.2) is 0 Å². The first kappa shape index (κ1) is 24.1. The van der Waals surface area contributed by atoms with Crippen molar-refractivity contribution in [2.24, 2.45) is 10.8 Å². The van der Waals surface area contributed by atoms with Crippen molar-refractivity contribution >= 4 is 11.8 Å². The lowest BCUT2D eigenvalue weighted by Crippen LogP contribution is -2.53. The number of hydrogen-bond acceptors (Lipinski definition) is 3. The van der Waals surface area contributed by atoms with Crippen LogP contribution in [0.4, 0.5) is 0 Å². The molecule has 0 aliphatic carbocycles. The molecular formula is C30H39N3O2. The molecule has 2 aromatic carbocycles. The highest BCUT2D eigenvalue weighted by Crippen LogP contribution is 2.45. The van der Waals surface area contributed by atoms with E-state index in [1.165, 1.54) is 11.1 Å². The van der Waals surface area contributed by atoms with Crippen molar-refractivity contribution in [1.29, 1.82) is 0 Å². The van der Waals surface area contributed by atoms with E-state index in [2.05, 4.69) is 71.3 Å². The number of likely N-dealkylation sites (N-methyl/N-ethyl adjacent to an activating group) is 1. The molecule has 5 heteroatoms. The third-order valence-corrected chi connectivity index (χ3v) is 8.99. The Balaban J connectivity index is 1.16. The van der Waals surface area contributed by atoms with Gasteiger partial charge < -0.3 is 9.80 Å². The van der Waals surface area contributed by atoms with E-state index in [0.29, 0.717) is 19.0 Å². The predicted molar refractivity (Wildman–Crippen MR) is 139 cm³/mol. The van der Waals surface area contributed by atoms with Crippen LogP contribution in [-0.2, 0) is 22.6 Å². The number of piperidine rings is 2. The van der Waals surface area contributed by atoms with Crippen LogP contribution in [0.2, 0.25) is 0 Å². The second-order valence-corrected chi connectivity index (χ2v) is 11.4. The summed E-state index contributed by atoms with van der Waals surface area (Å²) in [6.45, 7) is 6.44. The Hall–Kier alpha value is -2.66. The SMILES string of the molecule is CN1C(=O)C2(CCN(C(=O)C3(C)CCN(Cc4ccccc4)CC3)CC2)CC1Cc1ccccc1. The molecule has 2 amide bonds. The van der Waals surface area contributed by atoms with Gasteiger partial charge in [-0.1, -0.05) is 67.6 Å². The number of carbonyl (C=O) groups is 2. The fraction of sp³-hybridized carbons (Fsp3) is 0.533. The van der Waals surface area contributed by atoms with E-state index in [-0.39, 0.29) is 22.8 Å². The van der Waals surface area contributed by atoms with Crippen molar-refractivity contribution in [2.45, 2.75) is 58.0 Å². The van der Waals surface area contributed by atoms with Crippen LogP contribution in [0.15, 0.2) is 60.7 Å². The number of amides is 2. The molecule has 186 valence electrons. The molecule has 1 spiro atoms. The first-order valence-electron chi connectivity index (χ1n) is 13.3. The van der Waals surface area contributed by atoms with Gasteiger partial charge in [0.2, 0.25) is 11.8 Å². The Morgan fingerprint density at radius 2 is 1.43 bits per heavy atom. The molecule has 35 heavy (non-hydrogen) atoms. The summed E-state index contributed by atoms with van der Waals surface area (Å²) < 4.78 is 0. The van der Waals surface area contributed by atoms with Crippen molar-refractivity contribution in [2.75, 3.05) is 33.2 Å². The molecule has 3 heterocycles. The van der Waals surface area contributed by atoms with Gasteiger partial charge in [0.15, 0.2) is 0 Å². The lowest BCUT2D eigenvalue weighted by Gasteiger charge is -2.44. The smallest absolute Gasteiger partial charge is 0.229 e. The van der Waals surface area contributed by atoms with Gasteiger partial charge in [-0.3, -0.25) is 14.5 Å². The van der Waals surface area contributed by atoms with E-state index in [4.69, 9.17) is 0 Å². The molecule has 5 nitrogen and oxygen atoms in total. The number of hydrogen-bond donors (Lipinski definition) is 0. The first-order chi connectivity index (χ1) is 16.9. The van der Waals surface area contributed by atoms with E-state index < -0.39 is 0 Å². The van der Waals surface area contributed by atoms with Crippen LogP contribution in [0, 0.1) is 10.8 Å². The molecule has 3 fully saturated rings. The highest BCUT2D eigenvalue weighted by atomic mass is 16.2. The fourth-order valence-corrected chi connectivity index (χ4v) is 6.51. The average Bonchev–Trinajstić information content (AvgIpc) is 3.11. The van der Waals surface area contributed by atoms with Crippen LogP contribution < -0.4 is 0 Å². The third kappa shape index (κ3) is 4.88. The van der Waals surface area contributed by atoms with Gasteiger partial charge in [0.25, 0.3) is 0 Å². The maximum absolute atomic E-state index is 13.6. The van der Waals surface area contributed by atoms with Gasteiger partial charge in [-0.15, -0.1) is 0 Å². The molecule has 2 aromatic rings. The largest absolute Gasteiger partial charge is 0.342 e. The number of likely N-dealkylation sites (tertiary alicyclic amines) is 3. The number of benzene rings is 2. The molecule has 3 aliphatic rings. The van der Waals surface area contributed by atoms with Crippen molar-refractivity contribution in [3.05, 3.63) is 71.8 Å². The molecule has 1 atom stereocenters. The van der Waals surface area contributed by atoms with Crippen molar-refractivity contribution in [3.63, 3.8) is 0 Å². The van der Waals surface area contributed by atoms with Crippen LogP contribution in [0.25, 0.3) is 0 Å². The molecule has 0 saturated carbocycles. The summed E-state index contributed by atoms with van der Waals surface area (Å²) in [5.41, 5.74) is 2.04. The first-order valence-corrected chi connectivity index (χ1v) is 13.3. The molecule has 5 rings (SSSR count). The van der Waals surface area contributed by atoms with Crippen LogP contribution in [0.1, 0.15) is 50.2 Å². The Labute approximate surface area is 210 Å². The van der Waals surface area contributed by atoms with Crippen LogP contribution in [0.3, 0.4) is 0 Å². The minimum Gasteiger partial charge on any atom is -0.342 e. The maximum Gasteiger partial charge on any atom is 0.229 e. The fourth-order valence-electron chi connectivity index (χ4n) is 6.51.